The molecule has 118 valence electrons. The standard InChI is InChI=1S/C19H25NOS/c1-15(14-16(2)22(20)21)19-12-10-18(11-13-19)9-8-17-6-4-3-5-7-17/h3-7,10-13,15-16H,8-9,14,20H2,1-2H3/t15-,16?,22?/m0/s1. The molecule has 2 rings (SSSR count). The van der Waals surface area contributed by atoms with E-state index >= 15 is 0 Å². The third kappa shape index (κ3) is 5.08. The largest absolute Gasteiger partial charge is 0.252 e. The second-order valence-electron chi connectivity index (χ2n) is 6.00. The molecule has 22 heavy (non-hydrogen) atoms. The molecule has 0 saturated carbocycles. The van der Waals surface area contributed by atoms with Crippen LogP contribution >= 0.6 is 0 Å². The van der Waals surface area contributed by atoms with Crippen LogP contribution in [0, 0.1) is 0 Å². The molecule has 0 heterocycles. The number of hydrogen-bond acceptors (Lipinski definition) is 1. The molecule has 0 aromatic heterocycles. The third-order valence-corrected chi connectivity index (χ3v) is 5.16. The van der Waals surface area contributed by atoms with E-state index in [-0.39, 0.29) is 5.25 Å². The van der Waals surface area contributed by atoms with E-state index < -0.39 is 11.0 Å². The summed E-state index contributed by atoms with van der Waals surface area (Å²) in [6.45, 7) is 4.11. The van der Waals surface area contributed by atoms with Crippen molar-refractivity contribution in [2.45, 2.75) is 44.3 Å². The highest BCUT2D eigenvalue weighted by Crippen LogP contribution is 2.22. The Labute approximate surface area is 136 Å². The lowest BCUT2D eigenvalue weighted by Crippen LogP contribution is -2.20. The molecule has 0 aliphatic carbocycles. The van der Waals surface area contributed by atoms with Gasteiger partial charge in [0.05, 0.1) is 11.0 Å². The third-order valence-electron chi connectivity index (χ3n) is 4.18. The van der Waals surface area contributed by atoms with Gasteiger partial charge in [-0.05, 0) is 48.8 Å². The number of hydrogen-bond donors (Lipinski definition) is 1. The lowest BCUT2D eigenvalue weighted by molar-refractivity contribution is 0.635. The normalized spacial score (nSPS) is 15.2. The Hall–Kier alpha value is -1.45. The van der Waals surface area contributed by atoms with Crippen LogP contribution in [0.15, 0.2) is 54.6 Å². The lowest BCUT2D eigenvalue weighted by atomic mass is 9.94. The van der Waals surface area contributed by atoms with Crippen molar-refractivity contribution < 1.29 is 4.21 Å². The van der Waals surface area contributed by atoms with E-state index in [0.29, 0.717) is 5.92 Å². The molecule has 2 nitrogen and oxygen atoms in total. The Bertz CT molecular complexity index is 595. The van der Waals surface area contributed by atoms with Gasteiger partial charge in [-0.3, -0.25) is 5.14 Å². The van der Waals surface area contributed by atoms with Crippen molar-refractivity contribution in [1.82, 2.24) is 0 Å². The Balaban J connectivity index is 1.91. The van der Waals surface area contributed by atoms with Crippen LogP contribution in [0.3, 0.4) is 0 Å². The SMILES string of the molecule is CC(C[C@H](C)c1ccc(CCc2ccccc2)cc1)S(N)=O. The molecular weight excluding hydrogens is 290 g/mol. The van der Waals surface area contributed by atoms with Crippen molar-refractivity contribution in [3.63, 3.8) is 0 Å². The van der Waals surface area contributed by atoms with Crippen molar-refractivity contribution in [1.29, 1.82) is 0 Å². The number of rotatable bonds is 7. The zero-order valence-corrected chi connectivity index (χ0v) is 14.2. The van der Waals surface area contributed by atoms with Gasteiger partial charge in [0.2, 0.25) is 0 Å². The van der Waals surface area contributed by atoms with E-state index in [9.17, 15) is 4.21 Å². The molecule has 0 fully saturated rings. The first-order chi connectivity index (χ1) is 10.6. The van der Waals surface area contributed by atoms with Gasteiger partial charge in [-0.25, -0.2) is 4.21 Å². The summed E-state index contributed by atoms with van der Waals surface area (Å²) in [5, 5.41) is 5.49. The van der Waals surface area contributed by atoms with E-state index in [1.807, 2.05) is 6.92 Å². The summed E-state index contributed by atoms with van der Waals surface area (Å²) in [5.74, 6) is 0.380. The molecule has 2 aromatic carbocycles. The number of aryl methyl sites for hydroxylation is 2. The van der Waals surface area contributed by atoms with E-state index in [1.165, 1.54) is 16.7 Å². The Morgan fingerprint density at radius 3 is 2.00 bits per heavy atom. The molecule has 0 bridgehead atoms. The van der Waals surface area contributed by atoms with Gasteiger partial charge < -0.3 is 0 Å². The summed E-state index contributed by atoms with van der Waals surface area (Å²) in [4.78, 5) is 0. The molecule has 3 heteroatoms. The van der Waals surface area contributed by atoms with Gasteiger partial charge in [0.25, 0.3) is 0 Å². The van der Waals surface area contributed by atoms with Crippen LogP contribution in [-0.4, -0.2) is 9.46 Å². The highest BCUT2D eigenvalue weighted by atomic mass is 32.2. The van der Waals surface area contributed by atoms with E-state index in [1.54, 1.807) is 0 Å². The van der Waals surface area contributed by atoms with E-state index in [4.69, 9.17) is 5.14 Å². The molecule has 0 aliphatic rings. The van der Waals surface area contributed by atoms with Crippen molar-refractivity contribution >= 4 is 11.0 Å². The van der Waals surface area contributed by atoms with Crippen molar-refractivity contribution in [3.8, 4) is 0 Å². The highest BCUT2D eigenvalue weighted by Gasteiger charge is 2.13. The summed E-state index contributed by atoms with van der Waals surface area (Å²) < 4.78 is 11.3. The summed E-state index contributed by atoms with van der Waals surface area (Å²) >= 11 is 0. The van der Waals surface area contributed by atoms with Gasteiger partial charge >= 0.3 is 0 Å². The minimum absolute atomic E-state index is 0.0350. The van der Waals surface area contributed by atoms with Gasteiger partial charge in [-0.15, -0.1) is 0 Å². The van der Waals surface area contributed by atoms with Gasteiger partial charge in [0, 0.05) is 5.25 Å². The van der Waals surface area contributed by atoms with Crippen LogP contribution in [0.25, 0.3) is 0 Å². The maximum absolute atomic E-state index is 11.3. The second-order valence-corrected chi connectivity index (χ2v) is 7.46. The zero-order chi connectivity index (χ0) is 15.9. The van der Waals surface area contributed by atoms with E-state index in [2.05, 4.69) is 61.5 Å². The van der Waals surface area contributed by atoms with Gasteiger partial charge in [-0.2, -0.15) is 0 Å². The Morgan fingerprint density at radius 2 is 1.45 bits per heavy atom. The molecule has 0 spiro atoms. The minimum Gasteiger partial charge on any atom is -0.252 e. The van der Waals surface area contributed by atoms with Gasteiger partial charge in [-0.1, -0.05) is 61.5 Å². The maximum atomic E-state index is 11.3. The first kappa shape index (κ1) is 16.9. The first-order valence-corrected chi connectivity index (χ1v) is 9.11. The van der Waals surface area contributed by atoms with Crippen LogP contribution in [0.1, 0.15) is 42.9 Å². The fourth-order valence-electron chi connectivity index (χ4n) is 2.68. The lowest BCUT2D eigenvalue weighted by Gasteiger charge is -2.16. The summed E-state index contributed by atoms with van der Waals surface area (Å²) in [6.07, 6.45) is 2.98. The van der Waals surface area contributed by atoms with Crippen LogP contribution < -0.4 is 5.14 Å². The van der Waals surface area contributed by atoms with Gasteiger partial charge in [0.1, 0.15) is 0 Å². The monoisotopic (exact) mass is 315 g/mol. The Kier molecular flexibility index (Phi) is 6.34. The number of nitrogens with two attached hydrogens (primary N) is 1. The summed E-state index contributed by atoms with van der Waals surface area (Å²) in [6, 6.07) is 19.4. The average molecular weight is 315 g/mol. The molecular formula is C19H25NOS. The van der Waals surface area contributed by atoms with Crippen molar-refractivity contribution in [2.75, 3.05) is 0 Å². The minimum atomic E-state index is -1.23. The number of benzene rings is 2. The van der Waals surface area contributed by atoms with Crippen molar-refractivity contribution in [2.24, 2.45) is 5.14 Å². The van der Waals surface area contributed by atoms with Crippen LogP contribution in [0.5, 0.6) is 0 Å². The highest BCUT2D eigenvalue weighted by molar-refractivity contribution is 7.83. The molecule has 0 aliphatic heterocycles. The van der Waals surface area contributed by atoms with Crippen LogP contribution in [0.2, 0.25) is 0 Å². The maximum Gasteiger partial charge on any atom is 0.0917 e. The summed E-state index contributed by atoms with van der Waals surface area (Å²) in [5.41, 5.74) is 4.02. The smallest absolute Gasteiger partial charge is 0.0917 e. The topological polar surface area (TPSA) is 43.1 Å². The zero-order valence-electron chi connectivity index (χ0n) is 13.4. The predicted molar refractivity (Wildman–Crippen MR) is 95.1 cm³/mol. The molecule has 0 amide bonds. The first-order valence-electron chi connectivity index (χ1n) is 7.84. The molecule has 2 unspecified atom stereocenters. The fourth-order valence-corrected chi connectivity index (χ4v) is 3.15. The quantitative estimate of drug-likeness (QED) is 0.825. The fraction of sp³-hybridized carbons (Fsp3) is 0.368. The molecule has 0 saturated heterocycles. The average Bonchev–Trinajstić information content (AvgIpc) is 2.54. The van der Waals surface area contributed by atoms with Gasteiger partial charge in [0.15, 0.2) is 0 Å². The Morgan fingerprint density at radius 1 is 0.909 bits per heavy atom. The van der Waals surface area contributed by atoms with E-state index in [0.717, 1.165) is 19.3 Å². The predicted octanol–water partition coefficient (Wildman–Crippen LogP) is 3.98. The second kappa shape index (κ2) is 8.25. The van der Waals surface area contributed by atoms with Crippen LogP contribution in [-0.2, 0) is 23.8 Å². The molecule has 2 N–H and O–H groups in total. The molecule has 0 radical (unpaired) electrons. The molecule has 3 atom stereocenters. The molecule has 2 aromatic rings. The summed E-state index contributed by atoms with van der Waals surface area (Å²) in [7, 11) is -1.23. The van der Waals surface area contributed by atoms with Crippen LogP contribution in [0.4, 0.5) is 0 Å². The van der Waals surface area contributed by atoms with Crippen molar-refractivity contribution in [3.05, 3.63) is 71.3 Å².